The number of esters is 1. The molecule has 0 heterocycles. The number of hydrogen-bond donors (Lipinski definition) is 0. The maximum Gasteiger partial charge on any atom is 0.338 e. The van der Waals surface area contributed by atoms with Crippen molar-refractivity contribution in [3.8, 4) is 11.1 Å². The summed E-state index contributed by atoms with van der Waals surface area (Å²) in [5, 5.41) is 0. The molecule has 4 bridgehead atoms. The van der Waals surface area contributed by atoms with Gasteiger partial charge in [0.25, 0.3) is 0 Å². The van der Waals surface area contributed by atoms with Crippen molar-refractivity contribution < 1.29 is 14.3 Å². The Kier molecular flexibility index (Phi) is 3.92. The molecule has 2 aromatic carbocycles. The lowest BCUT2D eigenvalue weighted by Crippen LogP contribution is -2.52. The zero-order valence-corrected chi connectivity index (χ0v) is 15.4. The predicted molar refractivity (Wildman–Crippen MR) is 104 cm³/mol. The van der Waals surface area contributed by atoms with Crippen LogP contribution in [-0.2, 0) is 4.74 Å². The Morgan fingerprint density at radius 3 is 2.07 bits per heavy atom. The van der Waals surface area contributed by atoms with E-state index in [0.717, 1.165) is 54.4 Å². The fourth-order valence-corrected chi connectivity index (χ4v) is 6.06. The number of benzene rings is 2. The van der Waals surface area contributed by atoms with Crippen LogP contribution in [0.25, 0.3) is 11.1 Å². The molecule has 4 aliphatic carbocycles. The largest absolute Gasteiger partial charge is 0.455 e. The van der Waals surface area contributed by atoms with E-state index in [1.54, 1.807) is 6.07 Å². The summed E-state index contributed by atoms with van der Waals surface area (Å²) >= 11 is 0. The molecule has 0 radical (unpaired) electrons. The summed E-state index contributed by atoms with van der Waals surface area (Å²) in [6.45, 7) is 0. The number of carbonyl (C=O) groups excluding carboxylic acids is 2. The zero-order chi connectivity index (χ0) is 18.4. The average Bonchev–Trinajstić information content (AvgIpc) is 2.66. The van der Waals surface area contributed by atoms with Crippen molar-refractivity contribution in [3.63, 3.8) is 0 Å². The van der Waals surface area contributed by atoms with Gasteiger partial charge in [0.2, 0.25) is 0 Å². The smallest absolute Gasteiger partial charge is 0.338 e. The zero-order valence-electron chi connectivity index (χ0n) is 15.4. The molecular formula is C24H24O3. The quantitative estimate of drug-likeness (QED) is 0.549. The fraction of sp³-hybridized carbons (Fsp3) is 0.417. The first kappa shape index (κ1) is 16.7. The summed E-state index contributed by atoms with van der Waals surface area (Å²) in [7, 11) is 0. The first-order valence-electron chi connectivity index (χ1n) is 10.0. The molecule has 3 nitrogen and oxygen atoms in total. The lowest BCUT2D eigenvalue weighted by molar-refractivity contribution is -0.131. The molecule has 0 saturated heterocycles. The second-order valence-corrected chi connectivity index (χ2v) is 8.77. The molecule has 4 saturated carbocycles. The third-order valence-corrected chi connectivity index (χ3v) is 6.81. The second kappa shape index (κ2) is 6.33. The van der Waals surface area contributed by atoms with Crippen molar-refractivity contribution in [2.45, 2.75) is 44.1 Å². The molecule has 4 fully saturated rings. The van der Waals surface area contributed by atoms with Crippen molar-refractivity contribution in [1.82, 2.24) is 0 Å². The molecule has 0 aromatic heterocycles. The minimum atomic E-state index is -0.214. The van der Waals surface area contributed by atoms with E-state index >= 15 is 0 Å². The van der Waals surface area contributed by atoms with E-state index in [4.69, 9.17) is 4.74 Å². The molecule has 0 amide bonds. The minimum absolute atomic E-state index is 0.202. The molecule has 0 unspecified atom stereocenters. The highest BCUT2D eigenvalue weighted by Gasteiger charge is 2.53. The summed E-state index contributed by atoms with van der Waals surface area (Å²) < 4.78 is 6.13. The monoisotopic (exact) mass is 360 g/mol. The number of rotatable bonds is 4. The van der Waals surface area contributed by atoms with Crippen LogP contribution in [0.4, 0.5) is 0 Å². The standard InChI is InChI=1S/C24H24O3/c25-15-21-3-1-2-4-22(21)19-5-7-20(8-6-19)23(26)27-24-12-16-9-17(13-24)11-18(10-16)14-24/h1-8,15-18H,9-14H2. The van der Waals surface area contributed by atoms with Crippen LogP contribution in [0.15, 0.2) is 48.5 Å². The van der Waals surface area contributed by atoms with Crippen LogP contribution >= 0.6 is 0 Å². The van der Waals surface area contributed by atoms with Gasteiger partial charge in [-0.2, -0.15) is 0 Å². The van der Waals surface area contributed by atoms with E-state index < -0.39 is 0 Å². The summed E-state index contributed by atoms with van der Waals surface area (Å²) in [6, 6.07) is 14.9. The van der Waals surface area contributed by atoms with Gasteiger partial charge in [-0.05, 0) is 79.5 Å². The van der Waals surface area contributed by atoms with Gasteiger partial charge in [0.15, 0.2) is 6.29 Å². The molecule has 27 heavy (non-hydrogen) atoms. The Bertz CT molecular complexity index is 845. The predicted octanol–water partition coefficient (Wildman–Crippen LogP) is 5.29. The number of hydrogen-bond acceptors (Lipinski definition) is 3. The lowest BCUT2D eigenvalue weighted by atomic mass is 9.54. The summed E-state index contributed by atoms with van der Waals surface area (Å²) in [5.74, 6) is 2.07. The Morgan fingerprint density at radius 1 is 0.889 bits per heavy atom. The molecule has 0 aliphatic heterocycles. The second-order valence-electron chi connectivity index (χ2n) is 8.77. The fourth-order valence-electron chi connectivity index (χ4n) is 6.06. The normalized spacial score (nSPS) is 30.9. The van der Waals surface area contributed by atoms with Crippen LogP contribution in [0.5, 0.6) is 0 Å². The molecule has 3 heteroatoms. The van der Waals surface area contributed by atoms with Crippen LogP contribution < -0.4 is 0 Å². The van der Waals surface area contributed by atoms with E-state index in [-0.39, 0.29) is 11.6 Å². The Hall–Kier alpha value is -2.42. The molecule has 6 rings (SSSR count). The van der Waals surface area contributed by atoms with Crippen LogP contribution in [0, 0.1) is 17.8 Å². The third-order valence-electron chi connectivity index (χ3n) is 6.81. The third kappa shape index (κ3) is 2.99. The van der Waals surface area contributed by atoms with E-state index in [0.29, 0.717) is 11.1 Å². The van der Waals surface area contributed by atoms with E-state index in [9.17, 15) is 9.59 Å². The molecule has 2 aromatic rings. The number of ether oxygens (including phenoxy) is 1. The first-order valence-corrected chi connectivity index (χ1v) is 10.0. The maximum absolute atomic E-state index is 12.8. The molecule has 0 N–H and O–H groups in total. The van der Waals surface area contributed by atoms with Crippen LogP contribution in [0.2, 0.25) is 0 Å². The van der Waals surface area contributed by atoms with Crippen LogP contribution in [-0.4, -0.2) is 17.9 Å². The van der Waals surface area contributed by atoms with Crippen molar-refractivity contribution in [2.24, 2.45) is 17.8 Å². The number of aldehydes is 1. The van der Waals surface area contributed by atoms with Gasteiger partial charge < -0.3 is 4.74 Å². The van der Waals surface area contributed by atoms with Gasteiger partial charge in [0.1, 0.15) is 5.60 Å². The average molecular weight is 360 g/mol. The van der Waals surface area contributed by atoms with Gasteiger partial charge >= 0.3 is 5.97 Å². The molecule has 138 valence electrons. The van der Waals surface area contributed by atoms with Gasteiger partial charge in [-0.15, -0.1) is 0 Å². The highest BCUT2D eigenvalue weighted by atomic mass is 16.6. The molecule has 0 atom stereocenters. The van der Waals surface area contributed by atoms with Crippen molar-refractivity contribution in [1.29, 1.82) is 0 Å². The Morgan fingerprint density at radius 2 is 1.48 bits per heavy atom. The van der Waals surface area contributed by atoms with Gasteiger partial charge in [-0.1, -0.05) is 36.4 Å². The summed E-state index contributed by atoms with van der Waals surface area (Å²) in [6.07, 6.45) is 8.02. The topological polar surface area (TPSA) is 43.4 Å². The van der Waals surface area contributed by atoms with Crippen LogP contribution in [0.1, 0.15) is 59.2 Å². The molecular weight excluding hydrogens is 336 g/mol. The van der Waals surface area contributed by atoms with Crippen LogP contribution in [0.3, 0.4) is 0 Å². The Labute approximate surface area is 159 Å². The van der Waals surface area contributed by atoms with E-state index in [2.05, 4.69) is 0 Å². The Balaban J connectivity index is 1.35. The summed E-state index contributed by atoms with van der Waals surface area (Å²) in [5.41, 5.74) is 2.85. The summed E-state index contributed by atoms with van der Waals surface area (Å²) in [4.78, 5) is 24.1. The van der Waals surface area contributed by atoms with Gasteiger partial charge in [-0.25, -0.2) is 4.79 Å². The maximum atomic E-state index is 12.8. The molecule has 4 aliphatic rings. The minimum Gasteiger partial charge on any atom is -0.455 e. The highest BCUT2D eigenvalue weighted by molar-refractivity contribution is 5.92. The highest BCUT2D eigenvalue weighted by Crippen LogP contribution is 2.57. The molecule has 0 spiro atoms. The van der Waals surface area contributed by atoms with Gasteiger partial charge in [0, 0.05) is 5.56 Å². The van der Waals surface area contributed by atoms with E-state index in [1.807, 2.05) is 42.5 Å². The van der Waals surface area contributed by atoms with Gasteiger partial charge in [0.05, 0.1) is 5.56 Å². The SMILES string of the molecule is O=Cc1ccccc1-c1ccc(C(=O)OC23CC4CC(CC(C4)C2)C3)cc1. The number of carbonyl (C=O) groups is 2. The van der Waals surface area contributed by atoms with Gasteiger partial charge in [-0.3, -0.25) is 4.79 Å². The van der Waals surface area contributed by atoms with Crippen molar-refractivity contribution in [3.05, 3.63) is 59.7 Å². The van der Waals surface area contributed by atoms with Crippen molar-refractivity contribution in [2.75, 3.05) is 0 Å². The lowest BCUT2D eigenvalue weighted by Gasteiger charge is -2.55. The van der Waals surface area contributed by atoms with E-state index in [1.165, 1.54) is 19.3 Å². The van der Waals surface area contributed by atoms with Crippen molar-refractivity contribution >= 4 is 12.3 Å². The first-order chi connectivity index (χ1) is 13.1.